The summed E-state index contributed by atoms with van der Waals surface area (Å²) in [6.45, 7) is 24.2. The molecule has 0 saturated heterocycles. The van der Waals surface area contributed by atoms with E-state index in [1.165, 1.54) is 12.8 Å². The number of likely N-dealkylation sites (N-methyl/N-ethyl adjacent to an activating group) is 1. The highest BCUT2D eigenvalue weighted by Crippen LogP contribution is 2.25. The normalized spacial score (nSPS) is 12.3. The van der Waals surface area contributed by atoms with Crippen LogP contribution in [0.4, 0.5) is 5.69 Å². The summed E-state index contributed by atoms with van der Waals surface area (Å²) in [4.78, 5) is 28.3. The Hall–Kier alpha value is -3.12. The number of amides is 2. The monoisotopic (exact) mass is 524 g/mol. The summed E-state index contributed by atoms with van der Waals surface area (Å²) in [5.74, 6) is -0.447. The van der Waals surface area contributed by atoms with Crippen LogP contribution in [0.25, 0.3) is 5.57 Å². The quantitative estimate of drug-likeness (QED) is 0.154. The molecular weight excluding hydrogens is 472 g/mol. The molecule has 1 rings (SSSR count). The molecule has 0 unspecified atom stereocenters. The number of allylic oxidation sites excluding steroid dienone is 3. The molecule has 1 aromatic rings. The van der Waals surface area contributed by atoms with Crippen molar-refractivity contribution in [2.75, 3.05) is 38.1 Å². The van der Waals surface area contributed by atoms with E-state index in [9.17, 15) is 9.59 Å². The number of nitrogens with one attached hydrogen (secondary N) is 2. The zero-order chi connectivity index (χ0) is 29.1. The molecule has 0 aliphatic carbocycles. The van der Waals surface area contributed by atoms with Crippen LogP contribution in [0.3, 0.4) is 0 Å². The van der Waals surface area contributed by atoms with Crippen molar-refractivity contribution in [3.63, 3.8) is 0 Å². The predicted molar refractivity (Wildman–Crippen MR) is 165 cm³/mol. The molecule has 6 heteroatoms. The SMILES string of the molecule is C=C/C(CN(C)CC)=C(C)\C=C(/C)N/C=C(\C(=O)NC=O)c1cc(N(CC)CCC)ccc1C.CCCC. The van der Waals surface area contributed by atoms with Crippen molar-refractivity contribution >= 4 is 23.6 Å². The van der Waals surface area contributed by atoms with Crippen LogP contribution in [-0.4, -0.2) is 50.4 Å². The second-order valence-electron chi connectivity index (χ2n) is 9.44. The summed E-state index contributed by atoms with van der Waals surface area (Å²) in [5.41, 5.74) is 6.33. The Kier molecular flexibility index (Phi) is 18.3. The van der Waals surface area contributed by atoms with Gasteiger partial charge in [0, 0.05) is 37.2 Å². The molecule has 0 atom stereocenters. The average molecular weight is 525 g/mol. The van der Waals surface area contributed by atoms with Crippen molar-refractivity contribution in [2.45, 2.75) is 74.7 Å². The minimum absolute atomic E-state index is 0.406. The van der Waals surface area contributed by atoms with Gasteiger partial charge in [0.25, 0.3) is 5.91 Å². The van der Waals surface area contributed by atoms with Gasteiger partial charge in [-0.2, -0.15) is 0 Å². The minimum Gasteiger partial charge on any atom is -0.372 e. The molecule has 6 nitrogen and oxygen atoms in total. The number of hydrogen-bond acceptors (Lipinski definition) is 5. The van der Waals surface area contributed by atoms with Crippen molar-refractivity contribution in [1.82, 2.24) is 15.5 Å². The van der Waals surface area contributed by atoms with Gasteiger partial charge in [0.05, 0.1) is 5.57 Å². The highest BCUT2D eigenvalue weighted by atomic mass is 16.2. The Morgan fingerprint density at radius 1 is 1.00 bits per heavy atom. The van der Waals surface area contributed by atoms with E-state index in [0.717, 1.165) is 66.3 Å². The summed E-state index contributed by atoms with van der Waals surface area (Å²) in [5, 5.41) is 5.53. The number of benzene rings is 1. The van der Waals surface area contributed by atoms with Crippen LogP contribution in [0.1, 0.15) is 78.9 Å². The summed E-state index contributed by atoms with van der Waals surface area (Å²) in [7, 11) is 2.07. The molecule has 0 heterocycles. The first-order chi connectivity index (χ1) is 18.1. The Bertz CT molecular complexity index is 974. The maximum absolute atomic E-state index is 12.8. The molecule has 0 fully saturated rings. The van der Waals surface area contributed by atoms with E-state index in [1.807, 2.05) is 38.1 Å². The lowest BCUT2D eigenvalue weighted by atomic mass is 9.99. The number of rotatable bonds is 15. The summed E-state index contributed by atoms with van der Waals surface area (Å²) in [6, 6.07) is 6.11. The number of carbonyl (C=O) groups is 2. The van der Waals surface area contributed by atoms with E-state index in [0.29, 0.717) is 12.0 Å². The van der Waals surface area contributed by atoms with Crippen LogP contribution in [0.15, 0.2) is 60.0 Å². The number of imide groups is 1. The van der Waals surface area contributed by atoms with E-state index in [1.54, 1.807) is 6.20 Å². The first kappa shape index (κ1) is 34.9. The van der Waals surface area contributed by atoms with Crippen LogP contribution >= 0.6 is 0 Å². The maximum Gasteiger partial charge on any atom is 0.259 e. The van der Waals surface area contributed by atoms with E-state index in [2.05, 4.69) is 81.7 Å². The van der Waals surface area contributed by atoms with Crippen molar-refractivity contribution < 1.29 is 9.59 Å². The molecule has 2 N–H and O–H groups in total. The van der Waals surface area contributed by atoms with Gasteiger partial charge in [-0.1, -0.05) is 59.3 Å². The second-order valence-corrected chi connectivity index (χ2v) is 9.44. The zero-order valence-corrected chi connectivity index (χ0v) is 25.4. The first-order valence-corrected chi connectivity index (χ1v) is 13.9. The largest absolute Gasteiger partial charge is 0.372 e. The third kappa shape index (κ3) is 12.4. The van der Waals surface area contributed by atoms with Crippen molar-refractivity contribution in [3.05, 3.63) is 71.1 Å². The zero-order valence-electron chi connectivity index (χ0n) is 25.4. The third-order valence-corrected chi connectivity index (χ3v) is 6.30. The van der Waals surface area contributed by atoms with E-state index in [4.69, 9.17) is 0 Å². The van der Waals surface area contributed by atoms with Crippen LogP contribution in [0, 0.1) is 6.92 Å². The molecule has 2 amide bonds. The summed E-state index contributed by atoms with van der Waals surface area (Å²) in [6.07, 6.45) is 9.68. The fourth-order valence-electron chi connectivity index (χ4n) is 3.63. The summed E-state index contributed by atoms with van der Waals surface area (Å²) < 4.78 is 0. The molecule has 0 aliphatic heterocycles. The Labute approximate surface area is 232 Å². The molecule has 38 heavy (non-hydrogen) atoms. The Morgan fingerprint density at radius 2 is 1.66 bits per heavy atom. The molecule has 212 valence electrons. The standard InChI is InChI=1S/C28H42N4O2.C4H10/c1-9-15-32(12-4)25-14-13-21(5)26(17-25)27(28(34)30-20-33)18-29-23(7)16-22(6)24(10-2)19-31(8)11-3;1-3-4-2/h10,13-14,16-18,20,29H,2,9,11-12,15,19H2,1,3-8H3,(H,30,33,34);3-4H2,1-2H3/b23-16+,24-22+,27-18-;. The lowest BCUT2D eigenvalue weighted by Crippen LogP contribution is -2.25. The van der Waals surface area contributed by atoms with E-state index in [-0.39, 0.29) is 0 Å². The van der Waals surface area contributed by atoms with Crippen LogP contribution < -0.4 is 15.5 Å². The minimum atomic E-state index is -0.447. The van der Waals surface area contributed by atoms with Gasteiger partial charge in [0.2, 0.25) is 6.41 Å². The van der Waals surface area contributed by atoms with Gasteiger partial charge in [-0.15, -0.1) is 0 Å². The number of hydrogen-bond donors (Lipinski definition) is 2. The van der Waals surface area contributed by atoms with Crippen molar-refractivity contribution in [3.8, 4) is 0 Å². The lowest BCUT2D eigenvalue weighted by molar-refractivity contribution is -0.121. The van der Waals surface area contributed by atoms with Gasteiger partial charge >= 0.3 is 0 Å². The predicted octanol–water partition coefficient (Wildman–Crippen LogP) is 6.60. The van der Waals surface area contributed by atoms with Crippen molar-refractivity contribution in [1.29, 1.82) is 0 Å². The second kappa shape index (κ2) is 19.9. The molecule has 0 saturated carbocycles. The number of carbonyl (C=O) groups excluding carboxylic acids is 2. The topological polar surface area (TPSA) is 64.7 Å². The van der Waals surface area contributed by atoms with Crippen LogP contribution in [0.2, 0.25) is 0 Å². The maximum atomic E-state index is 12.8. The fourth-order valence-corrected chi connectivity index (χ4v) is 3.63. The van der Waals surface area contributed by atoms with Gasteiger partial charge < -0.3 is 15.1 Å². The number of nitrogens with zero attached hydrogens (tertiary/aromatic N) is 2. The van der Waals surface area contributed by atoms with Crippen LogP contribution in [-0.2, 0) is 9.59 Å². The van der Waals surface area contributed by atoms with Gasteiger partial charge in [-0.3, -0.25) is 14.9 Å². The molecular formula is C32H52N4O2. The molecule has 0 bridgehead atoms. The molecule has 0 aliphatic rings. The van der Waals surface area contributed by atoms with Gasteiger partial charge in [0.1, 0.15) is 0 Å². The lowest BCUT2D eigenvalue weighted by Gasteiger charge is -2.24. The van der Waals surface area contributed by atoms with Crippen LogP contribution in [0.5, 0.6) is 0 Å². The molecule has 0 aromatic heterocycles. The number of anilines is 1. The number of aryl methyl sites for hydroxylation is 1. The highest BCUT2D eigenvalue weighted by molar-refractivity contribution is 6.22. The van der Waals surface area contributed by atoms with Gasteiger partial charge in [0.15, 0.2) is 0 Å². The highest BCUT2D eigenvalue weighted by Gasteiger charge is 2.16. The van der Waals surface area contributed by atoms with Gasteiger partial charge in [-0.25, -0.2) is 0 Å². The smallest absolute Gasteiger partial charge is 0.259 e. The molecule has 0 spiro atoms. The van der Waals surface area contributed by atoms with E-state index < -0.39 is 5.91 Å². The summed E-state index contributed by atoms with van der Waals surface area (Å²) >= 11 is 0. The molecule has 0 radical (unpaired) electrons. The Morgan fingerprint density at radius 3 is 2.16 bits per heavy atom. The average Bonchev–Trinajstić information content (AvgIpc) is 2.91. The Balaban J connectivity index is 0.00000318. The third-order valence-electron chi connectivity index (χ3n) is 6.30. The molecule has 1 aromatic carbocycles. The fraction of sp³-hybridized carbons (Fsp3) is 0.500. The first-order valence-electron chi connectivity index (χ1n) is 13.9. The van der Waals surface area contributed by atoms with E-state index >= 15 is 0 Å². The number of unbranched alkanes of at least 4 members (excludes halogenated alkanes) is 1. The van der Waals surface area contributed by atoms with Gasteiger partial charge in [-0.05, 0) is 88.2 Å². The van der Waals surface area contributed by atoms with Crippen molar-refractivity contribution in [2.24, 2.45) is 0 Å².